The maximum atomic E-state index is 12.5. The monoisotopic (exact) mass is 456 g/mol. The van der Waals surface area contributed by atoms with Crippen molar-refractivity contribution in [3.63, 3.8) is 0 Å². The highest BCUT2D eigenvalue weighted by Gasteiger charge is 2.19. The third-order valence-corrected chi connectivity index (χ3v) is 7.43. The van der Waals surface area contributed by atoms with Crippen LogP contribution in [-0.2, 0) is 21.1 Å². The van der Waals surface area contributed by atoms with E-state index >= 15 is 0 Å². The van der Waals surface area contributed by atoms with Gasteiger partial charge in [-0.05, 0) is 61.9 Å². The van der Waals surface area contributed by atoms with Gasteiger partial charge in [0.05, 0.1) is 5.75 Å². The van der Waals surface area contributed by atoms with E-state index in [9.17, 15) is 18.0 Å². The van der Waals surface area contributed by atoms with Crippen LogP contribution in [0.1, 0.15) is 60.0 Å². The van der Waals surface area contributed by atoms with Crippen LogP contribution in [0.15, 0.2) is 48.5 Å². The van der Waals surface area contributed by atoms with Gasteiger partial charge in [0.2, 0.25) is 5.91 Å². The lowest BCUT2D eigenvalue weighted by atomic mass is 9.95. The van der Waals surface area contributed by atoms with Crippen molar-refractivity contribution in [2.45, 2.75) is 57.9 Å². The first-order valence-corrected chi connectivity index (χ1v) is 13.1. The molecule has 0 aromatic heterocycles. The lowest BCUT2D eigenvalue weighted by Gasteiger charge is -2.23. The lowest BCUT2D eigenvalue weighted by Crippen LogP contribution is -2.36. The molecule has 172 valence electrons. The molecule has 0 spiro atoms. The van der Waals surface area contributed by atoms with E-state index in [0.717, 1.165) is 36.8 Å². The van der Waals surface area contributed by atoms with E-state index in [0.29, 0.717) is 24.1 Å². The highest BCUT2D eigenvalue weighted by Crippen LogP contribution is 2.20. The fourth-order valence-electron chi connectivity index (χ4n) is 4.06. The minimum atomic E-state index is -3.50. The van der Waals surface area contributed by atoms with Crippen molar-refractivity contribution < 1.29 is 18.0 Å². The largest absolute Gasteiger partial charge is 0.349 e. The van der Waals surface area contributed by atoms with Gasteiger partial charge < -0.3 is 10.6 Å². The zero-order valence-electron chi connectivity index (χ0n) is 18.6. The van der Waals surface area contributed by atoms with Crippen LogP contribution in [0.3, 0.4) is 0 Å². The van der Waals surface area contributed by atoms with Crippen LogP contribution in [0.5, 0.6) is 0 Å². The van der Waals surface area contributed by atoms with E-state index in [2.05, 4.69) is 10.6 Å². The summed E-state index contributed by atoms with van der Waals surface area (Å²) in [4.78, 5) is 24.8. The second kappa shape index (κ2) is 11.3. The molecule has 0 atom stereocenters. The number of hydrogen-bond acceptors (Lipinski definition) is 4. The first-order chi connectivity index (χ1) is 15.3. The number of nitrogens with one attached hydrogen (secondary N) is 2. The van der Waals surface area contributed by atoms with Crippen molar-refractivity contribution in [2.75, 3.05) is 16.8 Å². The van der Waals surface area contributed by atoms with Gasteiger partial charge >= 0.3 is 0 Å². The molecule has 0 unspecified atom stereocenters. The molecule has 2 amide bonds. The van der Waals surface area contributed by atoms with E-state index in [1.165, 1.54) is 6.42 Å². The molecule has 2 aromatic rings. The number of anilines is 1. The quantitative estimate of drug-likeness (QED) is 0.596. The molecule has 32 heavy (non-hydrogen) atoms. The molecule has 1 fully saturated rings. The highest BCUT2D eigenvalue weighted by atomic mass is 32.2. The van der Waals surface area contributed by atoms with E-state index in [4.69, 9.17) is 0 Å². The molecular weight excluding hydrogens is 424 g/mol. The Hall–Kier alpha value is -2.67. The van der Waals surface area contributed by atoms with E-state index in [1.807, 2.05) is 30.3 Å². The standard InChI is InChI=1S/C25H32N2O4S/c1-19-17-21(25(29)26-22-12-6-3-7-13-22)14-15-23(19)27-24(28)18-32(30,31)16-8-11-20-9-4-2-5-10-20/h2,4-5,9-10,14-15,17,22H,3,6-8,11-13,16,18H2,1H3,(H,26,29)(H,27,28). The summed E-state index contributed by atoms with van der Waals surface area (Å²) in [5.74, 6) is -1.26. The molecule has 0 radical (unpaired) electrons. The van der Waals surface area contributed by atoms with E-state index < -0.39 is 21.5 Å². The molecule has 1 aliphatic carbocycles. The van der Waals surface area contributed by atoms with Crippen LogP contribution >= 0.6 is 0 Å². The Labute approximate surface area is 190 Å². The van der Waals surface area contributed by atoms with Gasteiger partial charge in [0.1, 0.15) is 5.75 Å². The molecular formula is C25H32N2O4S. The molecule has 7 heteroatoms. The number of hydrogen-bond donors (Lipinski definition) is 2. The molecule has 1 saturated carbocycles. The van der Waals surface area contributed by atoms with Crippen molar-refractivity contribution in [3.8, 4) is 0 Å². The predicted molar refractivity (Wildman–Crippen MR) is 128 cm³/mol. The number of carbonyl (C=O) groups is 2. The van der Waals surface area contributed by atoms with Crippen molar-refractivity contribution in [2.24, 2.45) is 0 Å². The fraction of sp³-hybridized carbons (Fsp3) is 0.440. The van der Waals surface area contributed by atoms with E-state index in [1.54, 1.807) is 25.1 Å². The summed E-state index contributed by atoms with van der Waals surface area (Å²) in [6.45, 7) is 1.79. The second-order valence-electron chi connectivity index (χ2n) is 8.57. The van der Waals surface area contributed by atoms with Crippen molar-refractivity contribution >= 4 is 27.3 Å². The van der Waals surface area contributed by atoms with Gasteiger partial charge in [0.15, 0.2) is 9.84 Å². The van der Waals surface area contributed by atoms with Gasteiger partial charge in [-0.1, -0.05) is 49.6 Å². The van der Waals surface area contributed by atoms with Crippen LogP contribution < -0.4 is 10.6 Å². The summed E-state index contributed by atoms with van der Waals surface area (Å²) in [5.41, 5.74) is 2.86. The summed E-state index contributed by atoms with van der Waals surface area (Å²) in [6.07, 6.45) is 6.67. The third kappa shape index (κ3) is 7.48. The maximum Gasteiger partial charge on any atom is 0.251 e. The molecule has 0 aliphatic heterocycles. The summed E-state index contributed by atoms with van der Waals surface area (Å²) in [6, 6.07) is 14.9. The van der Waals surface area contributed by atoms with Gasteiger partial charge in [-0.2, -0.15) is 0 Å². The Balaban J connectivity index is 1.49. The van der Waals surface area contributed by atoms with Gasteiger partial charge in [-0.15, -0.1) is 0 Å². The normalized spacial score (nSPS) is 14.7. The van der Waals surface area contributed by atoms with Crippen LogP contribution in [0.2, 0.25) is 0 Å². The Morgan fingerprint density at radius 1 is 1.00 bits per heavy atom. The van der Waals surface area contributed by atoms with Gasteiger partial charge in [0.25, 0.3) is 5.91 Å². The SMILES string of the molecule is Cc1cc(C(=O)NC2CCCCC2)ccc1NC(=O)CS(=O)(=O)CCCc1ccccc1. The minimum absolute atomic E-state index is 0.0332. The summed E-state index contributed by atoms with van der Waals surface area (Å²) < 4.78 is 24.7. The number of amides is 2. The number of carbonyl (C=O) groups excluding carboxylic acids is 2. The molecule has 0 bridgehead atoms. The van der Waals surface area contributed by atoms with Crippen molar-refractivity contribution in [1.29, 1.82) is 0 Å². The molecule has 1 aliphatic rings. The molecule has 3 rings (SSSR count). The number of aryl methyl sites for hydroxylation is 2. The van der Waals surface area contributed by atoms with Crippen molar-refractivity contribution in [1.82, 2.24) is 5.32 Å². The fourth-order valence-corrected chi connectivity index (χ4v) is 5.26. The topological polar surface area (TPSA) is 92.3 Å². The molecule has 6 nitrogen and oxygen atoms in total. The van der Waals surface area contributed by atoms with Crippen LogP contribution in [0.25, 0.3) is 0 Å². The average molecular weight is 457 g/mol. The maximum absolute atomic E-state index is 12.5. The summed E-state index contributed by atoms with van der Waals surface area (Å²) in [7, 11) is -3.50. The average Bonchev–Trinajstić information content (AvgIpc) is 2.76. The van der Waals surface area contributed by atoms with Gasteiger partial charge in [-0.25, -0.2) is 8.42 Å². The molecule has 2 aromatic carbocycles. The number of sulfone groups is 1. The molecule has 0 heterocycles. The lowest BCUT2D eigenvalue weighted by molar-refractivity contribution is -0.113. The Morgan fingerprint density at radius 3 is 2.41 bits per heavy atom. The first kappa shape index (κ1) is 24.0. The Morgan fingerprint density at radius 2 is 1.72 bits per heavy atom. The predicted octanol–water partition coefficient (Wildman–Crippen LogP) is 4.04. The summed E-state index contributed by atoms with van der Waals surface area (Å²) >= 11 is 0. The van der Waals surface area contributed by atoms with Crippen molar-refractivity contribution in [3.05, 3.63) is 65.2 Å². The van der Waals surface area contributed by atoms with E-state index in [-0.39, 0.29) is 17.7 Å². The van der Waals surface area contributed by atoms with Crippen LogP contribution in [0.4, 0.5) is 5.69 Å². The number of benzene rings is 2. The number of rotatable bonds is 9. The molecule has 2 N–H and O–H groups in total. The van der Waals surface area contributed by atoms with Crippen LogP contribution in [-0.4, -0.2) is 37.8 Å². The van der Waals surface area contributed by atoms with Gasteiger partial charge in [0, 0.05) is 17.3 Å². The Kier molecular flexibility index (Phi) is 8.45. The zero-order chi connectivity index (χ0) is 23.0. The zero-order valence-corrected chi connectivity index (χ0v) is 19.4. The minimum Gasteiger partial charge on any atom is -0.349 e. The third-order valence-electron chi connectivity index (χ3n) is 5.82. The Bertz CT molecular complexity index is 1030. The van der Waals surface area contributed by atoms with Gasteiger partial charge in [-0.3, -0.25) is 9.59 Å². The smallest absolute Gasteiger partial charge is 0.251 e. The van der Waals surface area contributed by atoms with Crippen LogP contribution in [0, 0.1) is 6.92 Å². The first-order valence-electron chi connectivity index (χ1n) is 11.3. The summed E-state index contributed by atoms with van der Waals surface area (Å²) in [5, 5.41) is 5.75. The second-order valence-corrected chi connectivity index (χ2v) is 10.8. The molecule has 0 saturated heterocycles. The highest BCUT2D eigenvalue weighted by molar-refractivity contribution is 7.92.